The summed E-state index contributed by atoms with van der Waals surface area (Å²) in [5, 5.41) is 0. The van der Waals surface area contributed by atoms with Gasteiger partial charge in [0.2, 0.25) is 0 Å². The molecule has 0 amide bonds. The van der Waals surface area contributed by atoms with E-state index in [0.29, 0.717) is 0 Å². The number of allylic oxidation sites excluding steroid dienone is 1. The lowest BCUT2D eigenvalue weighted by Gasteiger charge is -2.17. The minimum Gasteiger partial charge on any atom is -0.460 e. The third-order valence-electron chi connectivity index (χ3n) is 2.42. The Morgan fingerprint density at radius 2 is 1.15 bits per heavy atom. The molecule has 0 heterocycles. The highest BCUT2D eigenvalue weighted by atomic mass is 16.6. The van der Waals surface area contributed by atoms with Gasteiger partial charge in [0.05, 0.1) is 0 Å². The summed E-state index contributed by atoms with van der Waals surface area (Å²) in [5.74, 6) is 0.789. The van der Waals surface area contributed by atoms with Crippen LogP contribution in [0, 0.1) is 5.92 Å². The number of hydrogen-bond acceptors (Lipinski definition) is 2. The van der Waals surface area contributed by atoms with Crippen LogP contribution in [0.25, 0.3) is 0 Å². The van der Waals surface area contributed by atoms with E-state index in [1.807, 2.05) is 48.5 Å². The van der Waals surface area contributed by atoms with Crippen molar-refractivity contribution >= 4 is 5.97 Å². The predicted molar refractivity (Wildman–Crippen MR) is 123 cm³/mol. The summed E-state index contributed by atoms with van der Waals surface area (Å²) in [4.78, 5) is 10.2. The van der Waals surface area contributed by atoms with Crippen molar-refractivity contribution in [3.8, 4) is 0 Å². The van der Waals surface area contributed by atoms with Gasteiger partial charge in [-0.15, -0.1) is 6.58 Å². The minimum atomic E-state index is -0.328. The quantitative estimate of drug-likeness (QED) is 0.354. The lowest BCUT2D eigenvalue weighted by Crippen LogP contribution is -2.21. The smallest absolute Gasteiger partial charge is 0.303 e. The van der Waals surface area contributed by atoms with Crippen LogP contribution in [0.1, 0.15) is 129 Å². The van der Waals surface area contributed by atoms with Gasteiger partial charge < -0.3 is 4.74 Å². The fourth-order valence-corrected chi connectivity index (χ4v) is 1.80. The maximum atomic E-state index is 10.2. The van der Waals surface area contributed by atoms with E-state index in [9.17, 15) is 4.79 Å². The Morgan fingerprint density at radius 3 is 1.23 bits per heavy atom. The molecule has 26 heavy (non-hydrogen) atoms. The van der Waals surface area contributed by atoms with Gasteiger partial charge in [-0.3, -0.25) is 4.79 Å². The lowest BCUT2D eigenvalue weighted by molar-refractivity contribution is -0.151. The highest BCUT2D eigenvalue weighted by molar-refractivity contribution is 5.66. The molecule has 162 valence electrons. The van der Waals surface area contributed by atoms with E-state index in [1.54, 1.807) is 0 Å². The monoisotopic (exact) mass is 374 g/mol. The first kappa shape index (κ1) is 36.2. The Labute approximate surface area is 168 Å². The van der Waals surface area contributed by atoms with Gasteiger partial charge in [0.25, 0.3) is 0 Å². The van der Waals surface area contributed by atoms with E-state index < -0.39 is 0 Å². The number of hydrogen-bond donors (Lipinski definition) is 0. The number of esters is 1. The van der Waals surface area contributed by atoms with Crippen LogP contribution >= 0.6 is 0 Å². The van der Waals surface area contributed by atoms with E-state index in [1.165, 1.54) is 51.0 Å². The Morgan fingerprint density at radius 1 is 0.885 bits per heavy atom. The second kappa shape index (κ2) is 29.0. The van der Waals surface area contributed by atoms with Gasteiger partial charge in [0, 0.05) is 6.92 Å². The van der Waals surface area contributed by atoms with Crippen LogP contribution in [0.5, 0.6) is 0 Å². The van der Waals surface area contributed by atoms with Crippen LogP contribution in [0.4, 0.5) is 0 Å². The Balaban J connectivity index is -0.0000000787. The van der Waals surface area contributed by atoms with Gasteiger partial charge in [-0.1, -0.05) is 92.6 Å². The summed E-state index contributed by atoms with van der Waals surface area (Å²) in [7, 11) is 0. The molecule has 0 rings (SSSR count). The van der Waals surface area contributed by atoms with Gasteiger partial charge in [-0.2, -0.15) is 0 Å². The Kier molecular flexibility index (Phi) is 40.3. The van der Waals surface area contributed by atoms with Crippen LogP contribution in [-0.4, -0.2) is 11.6 Å². The molecule has 0 N–H and O–H groups in total. The van der Waals surface area contributed by atoms with Gasteiger partial charge in [0.15, 0.2) is 0 Å². The van der Waals surface area contributed by atoms with Crippen molar-refractivity contribution in [3.63, 3.8) is 0 Å². The van der Waals surface area contributed by atoms with E-state index in [-0.39, 0.29) is 11.6 Å². The molecule has 0 atom stereocenters. The molecule has 0 saturated heterocycles. The fourth-order valence-electron chi connectivity index (χ4n) is 1.80. The highest BCUT2D eigenvalue weighted by Gasteiger charge is 2.11. The van der Waals surface area contributed by atoms with Gasteiger partial charge in [0.1, 0.15) is 5.60 Å². The molecule has 0 aromatic rings. The van der Waals surface area contributed by atoms with Crippen LogP contribution in [-0.2, 0) is 9.53 Å². The third-order valence-corrected chi connectivity index (χ3v) is 2.42. The molecule has 0 radical (unpaired) electrons. The molecule has 0 aliphatic heterocycles. The number of carbonyl (C=O) groups excluding carboxylic acids is 1. The molecule has 0 saturated carbocycles. The van der Waals surface area contributed by atoms with Gasteiger partial charge in [-0.05, 0) is 40.5 Å². The Hall–Kier alpha value is -0.790. The summed E-state index contributed by atoms with van der Waals surface area (Å²) >= 11 is 0. The van der Waals surface area contributed by atoms with E-state index in [2.05, 4.69) is 41.2 Å². The summed E-state index contributed by atoms with van der Waals surface area (Å²) in [5.41, 5.74) is 0.839. The standard InChI is InChI=1S/C9H20.C6H12O2.C4H8.C3H8.C2H6/c1-4-7-9(6-3)8-5-2;1-5(7)8-6(2,3)4;1-4(2)3;1-3-2;1-2/h9H,4-8H2,1-3H3;1-4H3;1H2,2-3H3;3H2,1-2H3;1-2H3. The molecule has 0 fully saturated rings. The van der Waals surface area contributed by atoms with Crippen LogP contribution in [0.3, 0.4) is 0 Å². The van der Waals surface area contributed by atoms with Crippen LogP contribution < -0.4 is 0 Å². The van der Waals surface area contributed by atoms with Crippen molar-refractivity contribution in [2.24, 2.45) is 5.92 Å². The summed E-state index contributed by atoms with van der Waals surface area (Å²) in [6.45, 7) is 29.5. The molecule has 2 nitrogen and oxygen atoms in total. The van der Waals surface area contributed by atoms with Crippen molar-refractivity contribution < 1.29 is 9.53 Å². The second-order valence-corrected chi connectivity index (χ2v) is 7.47. The van der Waals surface area contributed by atoms with Crippen LogP contribution in [0.15, 0.2) is 12.2 Å². The average Bonchev–Trinajstić information content (AvgIpc) is 2.47. The molecule has 0 aromatic carbocycles. The molecule has 2 heteroatoms. The van der Waals surface area contributed by atoms with E-state index in [4.69, 9.17) is 4.74 Å². The molecule has 0 aliphatic rings. The lowest BCUT2D eigenvalue weighted by atomic mass is 9.96. The number of rotatable bonds is 5. The fraction of sp³-hybridized carbons (Fsp3) is 0.875. The van der Waals surface area contributed by atoms with Gasteiger partial charge in [-0.25, -0.2) is 0 Å². The second-order valence-electron chi connectivity index (χ2n) is 7.47. The number of ether oxygens (including phenoxy) is 1. The van der Waals surface area contributed by atoms with E-state index in [0.717, 1.165) is 5.92 Å². The van der Waals surface area contributed by atoms with E-state index >= 15 is 0 Å². The first-order chi connectivity index (χ1) is 11.9. The van der Waals surface area contributed by atoms with Crippen molar-refractivity contribution in [3.05, 3.63) is 12.2 Å². The molecule has 0 bridgehead atoms. The van der Waals surface area contributed by atoms with Crippen molar-refractivity contribution in [2.45, 2.75) is 134 Å². The first-order valence-electron chi connectivity index (χ1n) is 10.7. The maximum absolute atomic E-state index is 10.2. The highest BCUT2D eigenvalue weighted by Crippen LogP contribution is 2.16. The number of carbonyl (C=O) groups is 1. The SMILES string of the molecule is C=C(C)C.CC.CC(=O)OC(C)(C)C.CCC.CCCC(CC)CCC. The topological polar surface area (TPSA) is 26.3 Å². The van der Waals surface area contributed by atoms with Crippen molar-refractivity contribution in [1.82, 2.24) is 0 Å². The van der Waals surface area contributed by atoms with Crippen molar-refractivity contribution in [1.29, 1.82) is 0 Å². The van der Waals surface area contributed by atoms with Gasteiger partial charge >= 0.3 is 5.97 Å². The zero-order valence-corrected chi connectivity index (χ0v) is 20.8. The molecule has 0 spiro atoms. The van der Waals surface area contributed by atoms with Crippen molar-refractivity contribution in [2.75, 3.05) is 0 Å². The summed E-state index contributed by atoms with van der Waals surface area (Å²) in [6, 6.07) is 0. The summed E-state index contributed by atoms with van der Waals surface area (Å²) < 4.78 is 4.80. The summed E-state index contributed by atoms with van der Waals surface area (Å²) in [6.07, 6.45) is 8.22. The maximum Gasteiger partial charge on any atom is 0.303 e. The third kappa shape index (κ3) is 76.8. The average molecular weight is 375 g/mol. The minimum absolute atomic E-state index is 0.225. The Bertz CT molecular complexity index is 252. The first-order valence-corrected chi connectivity index (χ1v) is 10.7. The predicted octanol–water partition coefficient (Wildman–Crippen LogP) is 8.99. The normalized spacial score (nSPS) is 9.00. The molecular formula is C24H54O2. The largest absolute Gasteiger partial charge is 0.460 e. The zero-order valence-electron chi connectivity index (χ0n) is 20.8. The molecule has 0 aliphatic carbocycles. The van der Waals surface area contributed by atoms with Crippen LogP contribution in [0.2, 0.25) is 0 Å². The molecule has 0 unspecified atom stereocenters. The zero-order chi connectivity index (χ0) is 22.2. The molecular weight excluding hydrogens is 320 g/mol. The molecule has 0 aromatic heterocycles.